The van der Waals surface area contributed by atoms with Gasteiger partial charge < -0.3 is 29.7 Å². The van der Waals surface area contributed by atoms with Crippen molar-refractivity contribution in [2.75, 3.05) is 56.9 Å². The van der Waals surface area contributed by atoms with Gasteiger partial charge in [0.1, 0.15) is 5.75 Å². The summed E-state index contributed by atoms with van der Waals surface area (Å²) < 4.78 is 8.17. The van der Waals surface area contributed by atoms with E-state index in [1.54, 1.807) is 13.3 Å². The van der Waals surface area contributed by atoms with Crippen molar-refractivity contribution in [1.29, 1.82) is 0 Å². The van der Waals surface area contributed by atoms with E-state index in [1.807, 2.05) is 45.7 Å². The smallest absolute Gasteiger partial charge is 0.247 e. The van der Waals surface area contributed by atoms with E-state index in [1.165, 1.54) is 24.4 Å². The predicted octanol–water partition coefficient (Wildman–Crippen LogP) is 5.70. The Balaban J connectivity index is 1.44. The number of rotatable bonds is 12. The van der Waals surface area contributed by atoms with Crippen LogP contribution in [0.1, 0.15) is 18.9 Å². The summed E-state index contributed by atoms with van der Waals surface area (Å²) in [4.78, 5) is 26.4. The maximum atomic E-state index is 12.4. The second-order valence-corrected chi connectivity index (χ2v) is 11.3. The molecule has 1 aliphatic rings. The van der Waals surface area contributed by atoms with Crippen molar-refractivity contribution in [3.05, 3.63) is 73.8 Å². The molecule has 0 spiro atoms. The number of amides is 1. The number of nitrogens with zero attached hydrogens (tertiary/aromatic N) is 6. The highest BCUT2D eigenvalue weighted by Crippen LogP contribution is 2.43. The Kier molecular flexibility index (Phi) is 8.03. The number of ether oxygens (including phenoxy) is 1. The summed E-state index contributed by atoms with van der Waals surface area (Å²) in [5.41, 5.74) is 6.81. The first kappa shape index (κ1) is 28.9. The predicted molar refractivity (Wildman–Crippen MR) is 176 cm³/mol. The van der Waals surface area contributed by atoms with Crippen LogP contribution in [0.3, 0.4) is 0 Å². The van der Waals surface area contributed by atoms with Gasteiger partial charge in [-0.1, -0.05) is 24.8 Å². The van der Waals surface area contributed by atoms with Gasteiger partial charge in [-0.05, 0) is 45.1 Å². The van der Waals surface area contributed by atoms with Crippen molar-refractivity contribution < 1.29 is 9.53 Å². The third-order valence-electron chi connectivity index (χ3n) is 7.84. The van der Waals surface area contributed by atoms with E-state index in [-0.39, 0.29) is 5.91 Å². The van der Waals surface area contributed by atoms with Gasteiger partial charge in [0.2, 0.25) is 11.9 Å². The fourth-order valence-corrected chi connectivity index (χ4v) is 5.33. The summed E-state index contributed by atoms with van der Waals surface area (Å²) >= 11 is 0. The van der Waals surface area contributed by atoms with Gasteiger partial charge in [-0.2, -0.15) is 5.10 Å². The number of likely N-dealkylation sites (N-methyl/N-ethyl adjacent to an activating group) is 2. The number of para-hydroxylation sites is 1. The van der Waals surface area contributed by atoms with Crippen LogP contribution >= 0.6 is 0 Å². The van der Waals surface area contributed by atoms with Crippen LogP contribution in [0.25, 0.3) is 33.3 Å². The third kappa shape index (κ3) is 5.86. The molecular weight excluding hydrogens is 554 g/mol. The van der Waals surface area contributed by atoms with Gasteiger partial charge in [-0.25, -0.2) is 9.97 Å². The Bertz CT molecular complexity index is 1810. The van der Waals surface area contributed by atoms with Gasteiger partial charge >= 0.3 is 0 Å². The summed E-state index contributed by atoms with van der Waals surface area (Å²) in [5.74, 6) is 0.671. The fraction of sp³-hybridized carbons (Fsp3) is 0.273. The molecule has 11 heteroatoms. The van der Waals surface area contributed by atoms with Crippen molar-refractivity contribution in [2.24, 2.45) is 0 Å². The molecule has 0 saturated heterocycles. The molecule has 1 saturated carbocycles. The molecule has 0 atom stereocenters. The quantitative estimate of drug-likeness (QED) is 0.158. The number of hydrogen-bond donors (Lipinski definition) is 3. The highest BCUT2D eigenvalue weighted by atomic mass is 16.5. The highest BCUT2D eigenvalue weighted by molar-refractivity contribution is 6.02. The first-order valence-corrected chi connectivity index (χ1v) is 14.6. The number of benzene rings is 2. The maximum Gasteiger partial charge on any atom is 0.247 e. The Hall–Kier alpha value is -5.16. The van der Waals surface area contributed by atoms with Crippen LogP contribution in [-0.2, 0) is 4.79 Å². The van der Waals surface area contributed by atoms with Gasteiger partial charge in [-0.15, -0.1) is 0 Å². The molecule has 1 aliphatic carbocycles. The minimum atomic E-state index is -0.307. The SMILES string of the molecule is C=CC(=O)Nc1cc(Nc2ncc(-c3cn[nH]c3)c(-c3cn(C4CC4)c4ccccc34)n2)c(OC)cc1N(C)CCN(C)C. The topological polar surface area (TPSA) is 116 Å². The van der Waals surface area contributed by atoms with Crippen molar-refractivity contribution in [1.82, 2.24) is 29.6 Å². The number of hydrogen-bond acceptors (Lipinski definition) is 8. The maximum absolute atomic E-state index is 12.4. The molecule has 1 fully saturated rings. The summed E-state index contributed by atoms with van der Waals surface area (Å²) in [6, 6.07) is 12.7. The highest BCUT2D eigenvalue weighted by Gasteiger charge is 2.27. The molecule has 5 aromatic rings. The van der Waals surface area contributed by atoms with E-state index in [2.05, 4.69) is 72.2 Å². The fourth-order valence-electron chi connectivity index (χ4n) is 5.33. The van der Waals surface area contributed by atoms with Gasteiger partial charge in [0.05, 0.1) is 36.1 Å². The van der Waals surface area contributed by atoms with Crippen LogP contribution in [0.2, 0.25) is 0 Å². The molecular formula is C33H37N9O2. The van der Waals surface area contributed by atoms with E-state index in [4.69, 9.17) is 14.7 Å². The standard InChI is InChI=1S/C33H37N9O2/c1-6-31(43)37-26-15-27(30(44-5)16-29(26)41(4)14-13-40(2)3)38-33-34-19-24(21-17-35-36-18-21)32(39-33)25-20-42(22-11-12-22)28-10-8-7-9-23(25)28/h6-10,15-20,22H,1,11-14H2,2-5H3,(H,35,36)(H,37,43)(H,34,38,39). The normalized spacial score (nSPS) is 12.8. The largest absolute Gasteiger partial charge is 0.494 e. The zero-order valence-corrected chi connectivity index (χ0v) is 25.5. The molecule has 3 heterocycles. The number of H-pyrrole nitrogens is 1. The Morgan fingerprint density at radius 2 is 1.95 bits per heavy atom. The van der Waals surface area contributed by atoms with Crippen LogP contribution in [0.4, 0.5) is 23.0 Å². The molecule has 0 bridgehead atoms. The van der Waals surface area contributed by atoms with Crippen LogP contribution in [0.5, 0.6) is 5.75 Å². The van der Waals surface area contributed by atoms with Crippen LogP contribution < -0.4 is 20.3 Å². The zero-order valence-electron chi connectivity index (χ0n) is 25.5. The van der Waals surface area contributed by atoms with Crippen molar-refractivity contribution in [3.8, 4) is 28.1 Å². The lowest BCUT2D eigenvalue weighted by Gasteiger charge is -2.26. The molecule has 0 unspecified atom stereocenters. The lowest BCUT2D eigenvalue weighted by atomic mass is 10.0. The number of nitrogens with one attached hydrogen (secondary N) is 3. The lowest BCUT2D eigenvalue weighted by Crippen LogP contribution is -2.29. The lowest BCUT2D eigenvalue weighted by molar-refractivity contribution is -0.111. The summed E-state index contributed by atoms with van der Waals surface area (Å²) in [6.45, 7) is 5.20. The molecule has 0 radical (unpaired) electrons. The van der Waals surface area contributed by atoms with Gasteiger partial charge in [0, 0.05) is 78.4 Å². The van der Waals surface area contributed by atoms with Gasteiger partial charge in [-0.3, -0.25) is 9.89 Å². The molecule has 6 rings (SSSR count). The number of methoxy groups -OCH3 is 1. The summed E-state index contributed by atoms with van der Waals surface area (Å²) in [7, 11) is 7.65. The average Bonchev–Trinajstić information content (AvgIpc) is 3.58. The number of carbonyl (C=O) groups is 1. The Morgan fingerprint density at radius 1 is 1.14 bits per heavy atom. The van der Waals surface area contributed by atoms with Gasteiger partial charge in [0.25, 0.3) is 0 Å². The summed E-state index contributed by atoms with van der Waals surface area (Å²) in [5, 5.41) is 14.5. The molecule has 226 valence electrons. The number of aromatic amines is 1. The molecule has 2 aromatic carbocycles. The first-order chi connectivity index (χ1) is 21.4. The Labute approximate surface area is 256 Å². The number of fused-ring (bicyclic) bond motifs is 1. The number of aromatic nitrogens is 5. The zero-order chi connectivity index (χ0) is 30.8. The van der Waals surface area contributed by atoms with E-state index in [0.29, 0.717) is 29.1 Å². The minimum Gasteiger partial charge on any atom is -0.494 e. The van der Waals surface area contributed by atoms with Crippen molar-refractivity contribution >= 4 is 39.8 Å². The van der Waals surface area contributed by atoms with Gasteiger partial charge in [0.15, 0.2) is 0 Å². The molecule has 3 aromatic heterocycles. The molecule has 11 nitrogen and oxygen atoms in total. The van der Waals surface area contributed by atoms with E-state index < -0.39 is 0 Å². The molecule has 44 heavy (non-hydrogen) atoms. The molecule has 0 aliphatic heterocycles. The number of carbonyl (C=O) groups excluding carboxylic acids is 1. The number of anilines is 4. The van der Waals surface area contributed by atoms with Crippen LogP contribution in [0.15, 0.2) is 73.8 Å². The van der Waals surface area contributed by atoms with E-state index in [9.17, 15) is 4.79 Å². The van der Waals surface area contributed by atoms with Crippen molar-refractivity contribution in [2.45, 2.75) is 18.9 Å². The minimum absolute atomic E-state index is 0.307. The molecule has 3 N–H and O–H groups in total. The van der Waals surface area contributed by atoms with E-state index in [0.717, 1.165) is 46.5 Å². The Morgan fingerprint density at radius 3 is 2.66 bits per heavy atom. The average molecular weight is 592 g/mol. The van der Waals surface area contributed by atoms with E-state index >= 15 is 0 Å². The first-order valence-electron chi connectivity index (χ1n) is 14.6. The second-order valence-electron chi connectivity index (χ2n) is 11.3. The van der Waals surface area contributed by atoms with Crippen LogP contribution in [0, 0.1) is 0 Å². The van der Waals surface area contributed by atoms with Crippen molar-refractivity contribution in [3.63, 3.8) is 0 Å². The summed E-state index contributed by atoms with van der Waals surface area (Å²) in [6.07, 6.45) is 11.2. The second kappa shape index (κ2) is 12.2. The monoisotopic (exact) mass is 591 g/mol. The molecule has 1 amide bonds. The third-order valence-corrected chi connectivity index (χ3v) is 7.84. The van der Waals surface area contributed by atoms with Crippen LogP contribution in [-0.4, -0.2) is 76.9 Å².